The molecule has 3 radical (unpaired) electrons. The molecule has 0 rings (SSSR count). The van der Waals surface area contributed by atoms with Crippen molar-refractivity contribution in [2.24, 2.45) is 0 Å². The molecule has 0 heterocycles. The Morgan fingerprint density at radius 2 is 2.00 bits per heavy atom. The van der Waals surface area contributed by atoms with E-state index in [1.807, 2.05) is 14.1 Å². The van der Waals surface area contributed by atoms with E-state index < -0.39 is 0 Å². The third-order valence-corrected chi connectivity index (χ3v) is 2.14. The molecule has 0 saturated carbocycles. The summed E-state index contributed by atoms with van der Waals surface area (Å²) in [6, 6.07) is 0. The first-order valence-corrected chi connectivity index (χ1v) is 3.94. The van der Waals surface area contributed by atoms with Gasteiger partial charge in [0.2, 0.25) is 10.5 Å². The molecule has 0 aromatic carbocycles. The predicted octanol–water partition coefficient (Wildman–Crippen LogP) is 0.817. The van der Waals surface area contributed by atoms with Crippen molar-refractivity contribution < 1.29 is 4.43 Å². The third kappa shape index (κ3) is 3.34. The van der Waals surface area contributed by atoms with Crippen LogP contribution >= 0.6 is 0 Å². The summed E-state index contributed by atoms with van der Waals surface area (Å²) in [5.41, 5.74) is -0.0552. The van der Waals surface area contributed by atoms with E-state index in [2.05, 4.69) is 29.2 Å². The Hall–Kier alpha value is 0.137. The lowest BCUT2D eigenvalue weighted by Gasteiger charge is -2.30. The Morgan fingerprint density at radius 1 is 1.50 bits per heavy atom. The Morgan fingerprint density at radius 3 is 2.10 bits per heavy atom. The second-order valence-corrected chi connectivity index (χ2v) is 3.35. The van der Waals surface area contributed by atoms with Gasteiger partial charge < -0.3 is 9.33 Å². The normalized spacial score (nSPS) is 17.4. The Bertz CT molecular complexity index is 91.6. The van der Waals surface area contributed by atoms with Gasteiger partial charge >= 0.3 is 0 Å². The highest BCUT2D eigenvalue weighted by Crippen LogP contribution is 2.13. The molecule has 0 aliphatic rings. The van der Waals surface area contributed by atoms with Crippen LogP contribution in [0.3, 0.4) is 0 Å². The van der Waals surface area contributed by atoms with Crippen LogP contribution in [0.15, 0.2) is 0 Å². The molecular formula is C7H16NOSi. The van der Waals surface area contributed by atoms with Gasteiger partial charge in [0.25, 0.3) is 0 Å². The van der Waals surface area contributed by atoms with Crippen molar-refractivity contribution in [3.8, 4) is 0 Å². The predicted molar refractivity (Wildman–Crippen MR) is 44.1 cm³/mol. The fraction of sp³-hybridized carbons (Fsp3) is 1.00. The van der Waals surface area contributed by atoms with Crippen molar-refractivity contribution >= 4 is 10.5 Å². The molecule has 0 amide bonds. The van der Waals surface area contributed by atoms with Gasteiger partial charge in [0.05, 0.1) is 5.60 Å². The lowest BCUT2D eigenvalue weighted by Crippen LogP contribution is -2.38. The van der Waals surface area contributed by atoms with E-state index in [-0.39, 0.29) is 5.60 Å². The molecule has 10 heavy (non-hydrogen) atoms. The third-order valence-electron chi connectivity index (χ3n) is 1.64. The van der Waals surface area contributed by atoms with Crippen LogP contribution in [0.2, 0.25) is 0 Å². The van der Waals surface area contributed by atoms with Crippen LogP contribution in [0.25, 0.3) is 0 Å². The summed E-state index contributed by atoms with van der Waals surface area (Å²) in [5, 5.41) is 0. The largest absolute Gasteiger partial charge is 0.412 e. The molecule has 1 unspecified atom stereocenters. The van der Waals surface area contributed by atoms with Gasteiger partial charge in [-0.1, -0.05) is 6.92 Å². The summed E-state index contributed by atoms with van der Waals surface area (Å²) in [7, 11) is 7.16. The van der Waals surface area contributed by atoms with Crippen LogP contribution in [0, 0.1) is 0 Å². The van der Waals surface area contributed by atoms with Crippen molar-refractivity contribution in [1.82, 2.24) is 4.90 Å². The smallest absolute Gasteiger partial charge is 0.247 e. The standard InChI is InChI=1S/C7H16NOSi/c1-5-7(2,9-10)6-8(3)4/h5-6H2,1-4H3. The van der Waals surface area contributed by atoms with E-state index in [0.717, 1.165) is 13.0 Å². The van der Waals surface area contributed by atoms with Gasteiger partial charge in [-0.05, 0) is 27.4 Å². The fourth-order valence-electron chi connectivity index (χ4n) is 0.885. The summed E-state index contributed by atoms with van der Waals surface area (Å²) < 4.78 is 5.16. The van der Waals surface area contributed by atoms with Gasteiger partial charge in [-0.2, -0.15) is 0 Å². The first-order chi connectivity index (χ1) is 4.54. The minimum atomic E-state index is -0.0552. The van der Waals surface area contributed by atoms with Gasteiger partial charge in [-0.25, -0.2) is 0 Å². The Balaban J connectivity index is 3.80. The monoisotopic (exact) mass is 158 g/mol. The van der Waals surface area contributed by atoms with E-state index in [9.17, 15) is 0 Å². The van der Waals surface area contributed by atoms with E-state index in [1.54, 1.807) is 0 Å². The second-order valence-electron chi connectivity index (χ2n) is 3.14. The zero-order valence-electron chi connectivity index (χ0n) is 7.27. The molecule has 0 fully saturated rings. The topological polar surface area (TPSA) is 12.5 Å². The summed E-state index contributed by atoms with van der Waals surface area (Å²) in [6.45, 7) is 5.14. The molecule has 0 spiro atoms. The van der Waals surface area contributed by atoms with Crippen molar-refractivity contribution in [2.75, 3.05) is 20.6 Å². The number of hydrogen-bond donors (Lipinski definition) is 0. The van der Waals surface area contributed by atoms with Crippen molar-refractivity contribution in [2.45, 2.75) is 25.9 Å². The first-order valence-electron chi connectivity index (χ1n) is 3.53. The average molecular weight is 158 g/mol. The summed E-state index contributed by atoms with van der Waals surface area (Å²) in [6.07, 6.45) is 1.01. The molecule has 3 heteroatoms. The minimum absolute atomic E-state index is 0.0552. The number of likely N-dealkylation sites (N-methyl/N-ethyl adjacent to an activating group) is 1. The molecule has 0 aromatic rings. The fourth-order valence-corrected chi connectivity index (χ4v) is 1.09. The van der Waals surface area contributed by atoms with E-state index in [0.29, 0.717) is 0 Å². The maximum Gasteiger partial charge on any atom is 0.247 e. The number of nitrogens with zero attached hydrogens (tertiary/aromatic N) is 1. The lowest BCUT2D eigenvalue weighted by molar-refractivity contribution is 0.0651. The summed E-state index contributed by atoms with van der Waals surface area (Å²) in [4.78, 5) is 2.11. The van der Waals surface area contributed by atoms with Crippen LogP contribution in [0.4, 0.5) is 0 Å². The second kappa shape index (κ2) is 4.11. The van der Waals surface area contributed by atoms with Crippen LogP contribution in [0.5, 0.6) is 0 Å². The van der Waals surface area contributed by atoms with Crippen molar-refractivity contribution in [3.63, 3.8) is 0 Å². The van der Waals surface area contributed by atoms with E-state index >= 15 is 0 Å². The zero-order valence-corrected chi connectivity index (χ0v) is 8.27. The zero-order chi connectivity index (χ0) is 8.20. The highest BCUT2D eigenvalue weighted by atomic mass is 28.2. The molecule has 1 atom stereocenters. The Labute approximate surface area is 67.1 Å². The maximum absolute atomic E-state index is 5.16. The quantitative estimate of drug-likeness (QED) is 0.562. The summed E-state index contributed by atoms with van der Waals surface area (Å²) in [5.74, 6) is 0. The molecule has 2 nitrogen and oxygen atoms in total. The molecule has 59 valence electrons. The molecule has 0 aliphatic heterocycles. The van der Waals surface area contributed by atoms with Gasteiger partial charge in [0.15, 0.2) is 0 Å². The molecular weight excluding hydrogens is 142 g/mol. The highest BCUT2D eigenvalue weighted by molar-refractivity contribution is 5.98. The van der Waals surface area contributed by atoms with Gasteiger partial charge in [-0.15, -0.1) is 0 Å². The lowest BCUT2D eigenvalue weighted by atomic mass is 10.0. The molecule has 0 aromatic heterocycles. The maximum atomic E-state index is 5.16. The highest BCUT2D eigenvalue weighted by Gasteiger charge is 2.20. The van der Waals surface area contributed by atoms with E-state index in [4.69, 9.17) is 4.43 Å². The first kappa shape index (κ1) is 10.1. The van der Waals surface area contributed by atoms with Gasteiger partial charge in [0.1, 0.15) is 0 Å². The molecule has 0 saturated heterocycles. The number of hydrogen-bond acceptors (Lipinski definition) is 2. The SMILES string of the molecule is CCC(C)(CN(C)C)O[Si]. The Kier molecular flexibility index (Phi) is 4.16. The van der Waals surface area contributed by atoms with Crippen LogP contribution in [-0.4, -0.2) is 41.6 Å². The minimum Gasteiger partial charge on any atom is -0.412 e. The molecule has 0 bridgehead atoms. The molecule has 0 aliphatic carbocycles. The van der Waals surface area contributed by atoms with Crippen LogP contribution in [0.1, 0.15) is 20.3 Å². The van der Waals surface area contributed by atoms with Gasteiger partial charge in [0, 0.05) is 6.54 Å². The summed E-state index contributed by atoms with van der Waals surface area (Å²) >= 11 is 0. The average Bonchev–Trinajstić information content (AvgIpc) is 1.87. The van der Waals surface area contributed by atoms with E-state index in [1.165, 1.54) is 0 Å². The van der Waals surface area contributed by atoms with Crippen LogP contribution < -0.4 is 0 Å². The van der Waals surface area contributed by atoms with Crippen LogP contribution in [-0.2, 0) is 4.43 Å². The van der Waals surface area contributed by atoms with Crippen molar-refractivity contribution in [1.29, 1.82) is 0 Å². The molecule has 0 N–H and O–H groups in total. The van der Waals surface area contributed by atoms with Gasteiger partial charge in [-0.3, -0.25) is 0 Å². The number of rotatable bonds is 4. The van der Waals surface area contributed by atoms with Crippen molar-refractivity contribution in [3.05, 3.63) is 0 Å².